The lowest BCUT2D eigenvalue weighted by Gasteiger charge is -2.25. The van der Waals surface area contributed by atoms with Crippen molar-refractivity contribution < 1.29 is 4.74 Å². The molecule has 1 N–H and O–H groups in total. The van der Waals surface area contributed by atoms with E-state index in [1.54, 1.807) is 7.11 Å². The molecule has 21 heavy (non-hydrogen) atoms. The number of nitrogens with one attached hydrogen (secondary N) is 1. The van der Waals surface area contributed by atoms with E-state index in [0.717, 1.165) is 24.1 Å². The van der Waals surface area contributed by atoms with E-state index in [0.29, 0.717) is 0 Å². The van der Waals surface area contributed by atoms with Crippen LogP contribution in [0.1, 0.15) is 51.0 Å². The third-order valence-corrected chi connectivity index (χ3v) is 4.94. The van der Waals surface area contributed by atoms with Crippen molar-refractivity contribution in [1.29, 1.82) is 0 Å². The van der Waals surface area contributed by atoms with Gasteiger partial charge in [0.1, 0.15) is 5.75 Å². The Labute approximate surface area is 130 Å². The summed E-state index contributed by atoms with van der Waals surface area (Å²) < 4.78 is 5.23. The Hall–Kier alpha value is -1.02. The Morgan fingerprint density at radius 1 is 1.05 bits per heavy atom. The van der Waals surface area contributed by atoms with Gasteiger partial charge in [0.05, 0.1) is 7.11 Å². The fourth-order valence-electron chi connectivity index (χ4n) is 3.58. The first-order valence-corrected chi connectivity index (χ1v) is 8.67. The van der Waals surface area contributed by atoms with Gasteiger partial charge < -0.3 is 10.1 Å². The number of methoxy groups -OCH3 is 1. The molecule has 0 heterocycles. The molecule has 0 bridgehead atoms. The molecule has 0 saturated heterocycles. The molecule has 0 aromatic heterocycles. The van der Waals surface area contributed by atoms with Crippen molar-refractivity contribution in [2.24, 2.45) is 11.8 Å². The lowest BCUT2D eigenvalue weighted by molar-refractivity contribution is 0.285. The Balaban J connectivity index is 1.87. The molecule has 2 atom stereocenters. The van der Waals surface area contributed by atoms with Gasteiger partial charge in [-0.25, -0.2) is 0 Å². The van der Waals surface area contributed by atoms with E-state index in [4.69, 9.17) is 4.74 Å². The third-order valence-electron chi connectivity index (χ3n) is 4.94. The van der Waals surface area contributed by atoms with Crippen molar-refractivity contribution in [2.45, 2.75) is 51.9 Å². The van der Waals surface area contributed by atoms with Gasteiger partial charge in [-0.05, 0) is 61.9 Å². The van der Waals surface area contributed by atoms with E-state index < -0.39 is 0 Å². The number of hydrogen-bond acceptors (Lipinski definition) is 2. The van der Waals surface area contributed by atoms with Crippen molar-refractivity contribution in [3.8, 4) is 5.75 Å². The molecule has 0 amide bonds. The fraction of sp³-hybridized carbons (Fsp3) is 0.684. The van der Waals surface area contributed by atoms with E-state index in [2.05, 4.69) is 36.5 Å². The Bertz CT molecular complexity index is 387. The van der Waals surface area contributed by atoms with Crippen LogP contribution in [0.3, 0.4) is 0 Å². The normalized spacial score (nSPS) is 22.8. The molecule has 0 aliphatic heterocycles. The molecule has 0 radical (unpaired) electrons. The highest BCUT2D eigenvalue weighted by Gasteiger charge is 2.22. The Morgan fingerprint density at radius 2 is 1.76 bits per heavy atom. The molecule has 1 aliphatic rings. The van der Waals surface area contributed by atoms with E-state index in [9.17, 15) is 0 Å². The summed E-state index contributed by atoms with van der Waals surface area (Å²) in [5, 5.41) is 3.57. The summed E-state index contributed by atoms with van der Waals surface area (Å²) in [6.45, 7) is 4.52. The molecule has 2 unspecified atom stereocenters. The van der Waals surface area contributed by atoms with Gasteiger partial charge >= 0.3 is 0 Å². The van der Waals surface area contributed by atoms with E-state index in [1.165, 1.54) is 57.1 Å². The van der Waals surface area contributed by atoms with Gasteiger partial charge in [-0.15, -0.1) is 0 Å². The Kier molecular flexibility index (Phi) is 7.08. The second-order valence-electron chi connectivity index (χ2n) is 6.35. The SMILES string of the molecule is CCNCC1CCCCCC1CCc1ccc(OC)cc1. The molecular formula is C19H31NO. The number of benzene rings is 1. The molecule has 118 valence electrons. The molecule has 1 aromatic rings. The van der Waals surface area contributed by atoms with E-state index in [1.807, 2.05) is 0 Å². The number of aryl methyl sites for hydroxylation is 1. The van der Waals surface area contributed by atoms with Gasteiger partial charge in [-0.3, -0.25) is 0 Å². The lowest BCUT2D eigenvalue weighted by atomic mass is 9.83. The summed E-state index contributed by atoms with van der Waals surface area (Å²) in [7, 11) is 1.73. The van der Waals surface area contributed by atoms with Crippen LogP contribution in [0.2, 0.25) is 0 Å². The summed E-state index contributed by atoms with van der Waals surface area (Å²) in [5.41, 5.74) is 1.45. The summed E-state index contributed by atoms with van der Waals surface area (Å²) >= 11 is 0. The highest BCUT2D eigenvalue weighted by Crippen LogP contribution is 2.32. The molecule has 2 nitrogen and oxygen atoms in total. The zero-order valence-corrected chi connectivity index (χ0v) is 13.7. The topological polar surface area (TPSA) is 21.3 Å². The third kappa shape index (κ3) is 5.35. The monoisotopic (exact) mass is 289 g/mol. The van der Waals surface area contributed by atoms with Crippen molar-refractivity contribution in [1.82, 2.24) is 5.32 Å². The highest BCUT2D eigenvalue weighted by molar-refractivity contribution is 5.27. The van der Waals surface area contributed by atoms with Crippen LogP contribution in [-0.2, 0) is 6.42 Å². The number of hydrogen-bond donors (Lipinski definition) is 1. The smallest absolute Gasteiger partial charge is 0.118 e. The van der Waals surface area contributed by atoms with Gasteiger partial charge in [0.2, 0.25) is 0 Å². The first kappa shape index (κ1) is 16.4. The van der Waals surface area contributed by atoms with E-state index >= 15 is 0 Å². The molecular weight excluding hydrogens is 258 g/mol. The van der Waals surface area contributed by atoms with Gasteiger partial charge in [0.25, 0.3) is 0 Å². The van der Waals surface area contributed by atoms with Crippen molar-refractivity contribution in [3.05, 3.63) is 29.8 Å². The first-order valence-electron chi connectivity index (χ1n) is 8.67. The quantitative estimate of drug-likeness (QED) is 0.750. The average Bonchev–Trinajstić information content (AvgIpc) is 2.76. The van der Waals surface area contributed by atoms with Crippen molar-refractivity contribution in [2.75, 3.05) is 20.2 Å². The summed E-state index contributed by atoms with van der Waals surface area (Å²) in [6.07, 6.45) is 9.67. The predicted octanol–water partition coefficient (Wildman–Crippen LogP) is 4.43. The predicted molar refractivity (Wildman–Crippen MR) is 89.9 cm³/mol. The first-order chi connectivity index (χ1) is 10.3. The summed E-state index contributed by atoms with van der Waals surface area (Å²) in [6, 6.07) is 8.60. The maximum atomic E-state index is 5.23. The number of ether oxygens (including phenoxy) is 1. The second-order valence-corrected chi connectivity index (χ2v) is 6.35. The molecule has 1 aliphatic carbocycles. The molecule has 1 saturated carbocycles. The minimum atomic E-state index is 0.880. The summed E-state index contributed by atoms with van der Waals surface area (Å²) in [5.74, 6) is 2.73. The molecule has 2 rings (SSSR count). The van der Waals surface area contributed by atoms with Gasteiger partial charge in [-0.2, -0.15) is 0 Å². The van der Waals surface area contributed by atoms with Gasteiger partial charge in [0, 0.05) is 0 Å². The molecule has 1 fully saturated rings. The van der Waals surface area contributed by atoms with Crippen LogP contribution >= 0.6 is 0 Å². The molecule has 2 heteroatoms. The van der Waals surface area contributed by atoms with Crippen LogP contribution in [0.25, 0.3) is 0 Å². The second kappa shape index (κ2) is 9.09. The average molecular weight is 289 g/mol. The zero-order valence-electron chi connectivity index (χ0n) is 13.7. The van der Waals surface area contributed by atoms with Crippen molar-refractivity contribution in [3.63, 3.8) is 0 Å². The van der Waals surface area contributed by atoms with Crippen LogP contribution in [0, 0.1) is 11.8 Å². The molecule has 0 spiro atoms. The van der Waals surface area contributed by atoms with Crippen LogP contribution in [0.4, 0.5) is 0 Å². The largest absolute Gasteiger partial charge is 0.497 e. The van der Waals surface area contributed by atoms with Crippen molar-refractivity contribution >= 4 is 0 Å². The van der Waals surface area contributed by atoms with Crippen LogP contribution in [0.15, 0.2) is 24.3 Å². The Morgan fingerprint density at radius 3 is 2.43 bits per heavy atom. The number of rotatable bonds is 7. The maximum absolute atomic E-state index is 5.23. The zero-order chi connectivity index (χ0) is 14.9. The van der Waals surface area contributed by atoms with Crippen LogP contribution < -0.4 is 10.1 Å². The maximum Gasteiger partial charge on any atom is 0.118 e. The molecule has 1 aromatic carbocycles. The van der Waals surface area contributed by atoms with Gasteiger partial charge in [-0.1, -0.05) is 44.7 Å². The minimum absolute atomic E-state index is 0.880. The minimum Gasteiger partial charge on any atom is -0.497 e. The van der Waals surface area contributed by atoms with Crippen LogP contribution in [-0.4, -0.2) is 20.2 Å². The standard InChI is InChI=1S/C19H31NO/c1-3-20-15-18-8-6-4-5-7-17(18)12-9-16-10-13-19(21-2)14-11-16/h10-11,13-14,17-18,20H,3-9,12,15H2,1-2H3. The van der Waals surface area contributed by atoms with Crippen LogP contribution in [0.5, 0.6) is 5.75 Å². The highest BCUT2D eigenvalue weighted by atomic mass is 16.5. The fourth-order valence-corrected chi connectivity index (χ4v) is 3.58. The summed E-state index contributed by atoms with van der Waals surface area (Å²) in [4.78, 5) is 0. The van der Waals surface area contributed by atoms with E-state index in [-0.39, 0.29) is 0 Å². The lowest BCUT2D eigenvalue weighted by Crippen LogP contribution is -2.28. The van der Waals surface area contributed by atoms with Gasteiger partial charge in [0.15, 0.2) is 0 Å².